The number of nitrogens with two attached hydrogens (primary N) is 1. The number of aryl methyl sites for hydroxylation is 1. The lowest BCUT2D eigenvalue weighted by atomic mass is 9.99. The molecule has 0 radical (unpaired) electrons. The molecule has 1 aromatic carbocycles. The van der Waals surface area contributed by atoms with Gasteiger partial charge in [-0.1, -0.05) is 18.2 Å². The average molecular weight is 347 g/mol. The van der Waals surface area contributed by atoms with E-state index in [2.05, 4.69) is 0 Å². The fourth-order valence-corrected chi connectivity index (χ4v) is 3.87. The van der Waals surface area contributed by atoms with Gasteiger partial charge in [-0.3, -0.25) is 14.9 Å². The highest BCUT2D eigenvalue weighted by molar-refractivity contribution is 7.10. The van der Waals surface area contributed by atoms with E-state index in [0.29, 0.717) is 18.5 Å². The van der Waals surface area contributed by atoms with Gasteiger partial charge < -0.3 is 10.6 Å². The molecule has 1 amide bonds. The van der Waals surface area contributed by atoms with Crippen LogP contribution in [0.25, 0.3) is 0 Å². The number of amides is 1. The summed E-state index contributed by atoms with van der Waals surface area (Å²) in [7, 11) is 0. The first-order valence-electron chi connectivity index (χ1n) is 7.75. The predicted octanol–water partition coefficient (Wildman–Crippen LogP) is 3.06. The Kier molecular flexibility index (Phi) is 6.05. The van der Waals surface area contributed by atoms with E-state index in [9.17, 15) is 14.9 Å². The fourth-order valence-electron chi connectivity index (χ4n) is 2.83. The van der Waals surface area contributed by atoms with Gasteiger partial charge in [0.1, 0.15) is 0 Å². The van der Waals surface area contributed by atoms with Crippen molar-refractivity contribution >= 4 is 22.9 Å². The average Bonchev–Trinajstić information content (AvgIpc) is 3.00. The molecule has 0 saturated carbocycles. The van der Waals surface area contributed by atoms with Crippen LogP contribution in [0.1, 0.15) is 29.0 Å². The van der Waals surface area contributed by atoms with Crippen LogP contribution in [0.2, 0.25) is 0 Å². The third-order valence-electron chi connectivity index (χ3n) is 4.02. The molecular weight excluding hydrogens is 326 g/mol. The summed E-state index contributed by atoms with van der Waals surface area (Å²) in [5.41, 5.74) is 7.32. The normalized spacial score (nSPS) is 12.0. The highest BCUT2D eigenvalue weighted by Gasteiger charge is 2.28. The summed E-state index contributed by atoms with van der Waals surface area (Å²) in [4.78, 5) is 25.9. The van der Waals surface area contributed by atoms with Gasteiger partial charge in [-0.25, -0.2) is 0 Å². The van der Waals surface area contributed by atoms with Gasteiger partial charge in [0.15, 0.2) is 0 Å². The van der Waals surface area contributed by atoms with Crippen LogP contribution in [0.4, 0.5) is 5.69 Å². The van der Waals surface area contributed by atoms with Crippen molar-refractivity contribution in [1.82, 2.24) is 4.90 Å². The van der Waals surface area contributed by atoms with Crippen LogP contribution in [0.15, 0.2) is 35.7 Å². The summed E-state index contributed by atoms with van der Waals surface area (Å²) in [6.07, 6.45) is 0.387. The number of likely N-dealkylation sites (N-methyl/N-ethyl adjacent to an activating group) is 1. The molecule has 0 aliphatic carbocycles. The molecule has 0 spiro atoms. The molecule has 1 unspecified atom stereocenters. The molecule has 1 aromatic heterocycles. The lowest BCUT2D eigenvalue weighted by Gasteiger charge is -2.30. The third kappa shape index (κ3) is 3.80. The number of nitro benzene ring substituents is 1. The molecule has 128 valence electrons. The first kappa shape index (κ1) is 18.1. The number of nitrogens with zero attached hydrogens (tertiary/aromatic N) is 2. The maximum atomic E-state index is 12.3. The zero-order valence-electron chi connectivity index (χ0n) is 13.8. The molecule has 6 nitrogen and oxygen atoms in total. The Balaban J connectivity index is 2.46. The van der Waals surface area contributed by atoms with Crippen molar-refractivity contribution in [3.8, 4) is 0 Å². The van der Waals surface area contributed by atoms with Gasteiger partial charge >= 0.3 is 0 Å². The van der Waals surface area contributed by atoms with Gasteiger partial charge in [0.25, 0.3) is 5.69 Å². The molecule has 2 rings (SSSR count). The number of para-hydroxylation sites is 1. The topological polar surface area (TPSA) is 89.5 Å². The summed E-state index contributed by atoms with van der Waals surface area (Å²) in [5.74, 6) is -0.158. The largest absolute Gasteiger partial charge is 0.334 e. The number of hydrogen-bond donors (Lipinski definition) is 1. The number of hydrogen-bond acceptors (Lipinski definition) is 5. The fraction of sp³-hybridized carbons (Fsp3) is 0.353. The first-order valence-corrected chi connectivity index (χ1v) is 8.63. The molecule has 1 atom stereocenters. The van der Waals surface area contributed by atoms with E-state index in [1.807, 2.05) is 25.3 Å². The Morgan fingerprint density at radius 2 is 2.08 bits per heavy atom. The van der Waals surface area contributed by atoms with Crippen molar-refractivity contribution in [2.75, 3.05) is 13.1 Å². The van der Waals surface area contributed by atoms with E-state index in [1.165, 1.54) is 6.07 Å². The van der Waals surface area contributed by atoms with E-state index < -0.39 is 0 Å². The molecule has 0 saturated heterocycles. The van der Waals surface area contributed by atoms with Gasteiger partial charge in [-0.05, 0) is 30.9 Å². The minimum Gasteiger partial charge on any atom is -0.334 e. The minimum atomic E-state index is -0.380. The lowest BCUT2D eigenvalue weighted by molar-refractivity contribution is -0.385. The molecule has 0 bridgehead atoms. The van der Waals surface area contributed by atoms with Gasteiger partial charge in [0.05, 0.1) is 17.5 Å². The Bertz CT molecular complexity index is 729. The van der Waals surface area contributed by atoms with Crippen LogP contribution in [-0.4, -0.2) is 28.8 Å². The Labute approximate surface area is 145 Å². The molecule has 24 heavy (non-hydrogen) atoms. The van der Waals surface area contributed by atoms with Gasteiger partial charge in [0, 0.05) is 29.5 Å². The summed E-state index contributed by atoms with van der Waals surface area (Å²) in [6, 6.07) is 8.40. The van der Waals surface area contributed by atoms with Crippen molar-refractivity contribution in [3.05, 3.63) is 61.8 Å². The number of rotatable bonds is 7. The second kappa shape index (κ2) is 8.03. The van der Waals surface area contributed by atoms with Crippen LogP contribution in [0, 0.1) is 17.0 Å². The Morgan fingerprint density at radius 1 is 1.38 bits per heavy atom. The van der Waals surface area contributed by atoms with Crippen LogP contribution in [-0.2, 0) is 11.2 Å². The highest BCUT2D eigenvalue weighted by Crippen LogP contribution is 2.34. The van der Waals surface area contributed by atoms with E-state index in [-0.39, 0.29) is 29.1 Å². The molecular formula is C17H21N3O3S. The van der Waals surface area contributed by atoms with Crippen LogP contribution < -0.4 is 5.73 Å². The molecule has 0 fully saturated rings. The predicted molar refractivity (Wildman–Crippen MR) is 95.0 cm³/mol. The number of carbonyl (C=O) groups is 1. The molecule has 2 aromatic rings. The number of benzene rings is 1. The molecule has 2 N–H and O–H groups in total. The summed E-state index contributed by atoms with van der Waals surface area (Å²) in [6.45, 7) is 4.30. The minimum absolute atomic E-state index is 0.0768. The Morgan fingerprint density at radius 3 is 2.62 bits per heavy atom. The SMILES string of the molecule is CCN(C(=O)CN)C(Cc1ccccc1[N+](=O)[O-])c1sccc1C. The van der Waals surface area contributed by atoms with Crippen molar-refractivity contribution in [2.45, 2.75) is 26.3 Å². The van der Waals surface area contributed by atoms with Gasteiger partial charge in [-0.15, -0.1) is 11.3 Å². The quantitative estimate of drug-likeness (QED) is 0.616. The zero-order valence-corrected chi connectivity index (χ0v) is 14.6. The van der Waals surface area contributed by atoms with Crippen molar-refractivity contribution in [1.29, 1.82) is 0 Å². The number of thiophene rings is 1. The molecule has 0 aliphatic heterocycles. The summed E-state index contributed by atoms with van der Waals surface area (Å²) in [5, 5.41) is 13.3. The van der Waals surface area contributed by atoms with E-state index in [4.69, 9.17) is 5.73 Å². The standard InChI is InChI=1S/C17H21N3O3S/c1-3-19(16(21)11-18)15(17-12(2)8-9-24-17)10-13-6-4-5-7-14(13)20(22)23/h4-9,15H,3,10-11,18H2,1-2H3. The Hall–Kier alpha value is -2.25. The molecule has 1 heterocycles. The van der Waals surface area contributed by atoms with Crippen molar-refractivity contribution in [2.24, 2.45) is 5.73 Å². The van der Waals surface area contributed by atoms with E-state index in [0.717, 1.165) is 10.4 Å². The van der Waals surface area contributed by atoms with Crippen LogP contribution in [0.3, 0.4) is 0 Å². The number of carbonyl (C=O) groups excluding carboxylic acids is 1. The first-order chi connectivity index (χ1) is 11.5. The van der Waals surface area contributed by atoms with Crippen molar-refractivity contribution in [3.63, 3.8) is 0 Å². The van der Waals surface area contributed by atoms with Gasteiger partial charge in [0.2, 0.25) is 5.91 Å². The summed E-state index contributed by atoms with van der Waals surface area (Å²) >= 11 is 1.56. The van der Waals surface area contributed by atoms with Crippen molar-refractivity contribution < 1.29 is 9.72 Å². The monoisotopic (exact) mass is 347 g/mol. The second-order valence-electron chi connectivity index (χ2n) is 5.46. The maximum absolute atomic E-state index is 12.3. The smallest absolute Gasteiger partial charge is 0.272 e. The van der Waals surface area contributed by atoms with E-state index in [1.54, 1.807) is 34.4 Å². The molecule has 0 aliphatic rings. The lowest BCUT2D eigenvalue weighted by Crippen LogP contribution is -2.39. The van der Waals surface area contributed by atoms with Gasteiger partial charge in [-0.2, -0.15) is 0 Å². The summed E-state index contributed by atoms with van der Waals surface area (Å²) < 4.78 is 0. The highest BCUT2D eigenvalue weighted by atomic mass is 32.1. The molecule has 7 heteroatoms. The maximum Gasteiger partial charge on any atom is 0.272 e. The number of nitro groups is 1. The van der Waals surface area contributed by atoms with Crippen LogP contribution >= 0.6 is 11.3 Å². The zero-order chi connectivity index (χ0) is 17.7. The third-order valence-corrected chi connectivity index (χ3v) is 5.14. The van der Waals surface area contributed by atoms with E-state index >= 15 is 0 Å². The van der Waals surface area contributed by atoms with Crippen LogP contribution in [0.5, 0.6) is 0 Å². The second-order valence-corrected chi connectivity index (χ2v) is 6.41.